The van der Waals surface area contributed by atoms with Crippen LogP contribution >= 0.6 is 11.3 Å². The molecule has 2 N–H and O–H groups in total. The van der Waals surface area contributed by atoms with Gasteiger partial charge in [0, 0.05) is 12.1 Å². The molecule has 0 amide bonds. The Bertz CT molecular complexity index is 811. The Balaban J connectivity index is 2.14. The summed E-state index contributed by atoms with van der Waals surface area (Å²) < 4.78 is 5.89. The first kappa shape index (κ1) is 13.7. The molecule has 0 aliphatic rings. The SMILES string of the molecule is COC(=O)c1ccccc1-c1nc2ccc(CN)cc2s1. The summed E-state index contributed by atoms with van der Waals surface area (Å²) in [5.41, 5.74) is 8.96. The third-order valence-electron chi connectivity index (χ3n) is 3.25. The van der Waals surface area contributed by atoms with Crippen molar-refractivity contribution in [1.82, 2.24) is 4.98 Å². The molecule has 106 valence electrons. The van der Waals surface area contributed by atoms with Crippen LogP contribution in [0.5, 0.6) is 0 Å². The zero-order chi connectivity index (χ0) is 14.8. The minimum absolute atomic E-state index is 0.354. The van der Waals surface area contributed by atoms with Crippen molar-refractivity contribution in [3.05, 3.63) is 53.6 Å². The number of hydrogen-bond acceptors (Lipinski definition) is 5. The van der Waals surface area contributed by atoms with E-state index in [-0.39, 0.29) is 5.97 Å². The highest BCUT2D eigenvalue weighted by Crippen LogP contribution is 2.32. The number of benzene rings is 2. The zero-order valence-electron chi connectivity index (χ0n) is 11.5. The Labute approximate surface area is 126 Å². The largest absolute Gasteiger partial charge is 0.465 e. The highest BCUT2D eigenvalue weighted by atomic mass is 32.1. The average Bonchev–Trinajstić information content (AvgIpc) is 2.96. The third kappa shape index (κ3) is 2.53. The predicted molar refractivity (Wildman–Crippen MR) is 84.3 cm³/mol. The first-order valence-electron chi connectivity index (χ1n) is 6.50. The second-order valence-electron chi connectivity index (χ2n) is 4.56. The lowest BCUT2D eigenvalue weighted by Crippen LogP contribution is -2.02. The van der Waals surface area contributed by atoms with E-state index in [2.05, 4.69) is 4.98 Å². The lowest BCUT2D eigenvalue weighted by molar-refractivity contribution is 0.0601. The van der Waals surface area contributed by atoms with Crippen LogP contribution in [0.25, 0.3) is 20.8 Å². The maximum absolute atomic E-state index is 11.9. The van der Waals surface area contributed by atoms with Gasteiger partial charge >= 0.3 is 5.97 Å². The van der Waals surface area contributed by atoms with Gasteiger partial charge in [-0.05, 0) is 23.8 Å². The summed E-state index contributed by atoms with van der Waals surface area (Å²) in [6.07, 6.45) is 0. The van der Waals surface area contributed by atoms with Gasteiger partial charge in [0.25, 0.3) is 0 Å². The number of nitrogens with zero attached hydrogens (tertiary/aromatic N) is 1. The molecule has 1 aromatic heterocycles. The quantitative estimate of drug-likeness (QED) is 0.754. The minimum Gasteiger partial charge on any atom is -0.465 e. The van der Waals surface area contributed by atoms with Gasteiger partial charge in [-0.1, -0.05) is 24.3 Å². The summed E-state index contributed by atoms with van der Waals surface area (Å²) in [6, 6.07) is 13.3. The van der Waals surface area contributed by atoms with Crippen LogP contribution in [0.4, 0.5) is 0 Å². The second kappa shape index (κ2) is 5.63. The molecule has 2 aromatic carbocycles. The maximum Gasteiger partial charge on any atom is 0.338 e. The molecule has 0 aliphatic heterocycles. The van der Waals surface area contributed by atoms with E-state index in [4.69, 9.17) is 10.5 Å². The van der Waals surface area contributed by atoms with Gasteiger partial charge in [0.05, 0.1) is 22.9 Å². The van der Waals surface area contributed by atoms with Crippen LogP contribution in [-0.2, 0) is 11.3 Å². The summed E-state index contributed by atoms with van der Waals surface area (Å²) in [5, 5.41) is 0.806. The van der Waals surface area contributed by atoms with Crippen molar-refractivity contribution in [3.8, 4) is 10.6 Å². The Hall–Kier alpha value is -2.24. The number of aromatic nitrogens is 1. The average molecular weight is 298 g/mol. The first-order valence-corrected chi connectivity index (χ1v) is 7.32. The van der Waals surface area contributed by atoms with Gasteiger partial charge in [0.15, 0.2) is 0 Å². The number of thiazole rings is 1. The smallest absolute Gasteiger partial charge is 0.338 e. The topological polar surface area (TPSA) is 65.2 Å². The molecule has 0 spiro atoms. The molecule has 3 aromatic rings. The van der Waals surface area contributed by atoms with Gasteiger partial charge in [-0.3, -0.25) is 0 Å². The maximum atomic E-state index is 11.9. The molecule has 1 heterocycles. The standard InChI is InChI=1S/C16H14N2O2S/c1-20-16(19)12-5-3-2-4-11(12)15-18-13-7-6-10(9-17)8-14(13)21-15/h2-8H,9,17H2,1H3. The number of carbonyl (C=O) groups excluding carboxylic acids is 1. The van der Waals surface area contributed by atoms with Crippen molar-refractivity contribution in [2.24, 2.45) is 5.73 Å². The van der Waals surface area contributed by atoms with Crippen LogP contribution in [0.2, 0.25) is 0 Å². The molecule has 0 atom stereocenters. The van der Waals surface area contributed by atoms with Crippen molar-refractivity contribution in [2.45, 2.75) is 6.54 Å². The summed E-state index contributed by atoms with van der Waals surface area (Å²) in [6.45, 7) is 0.502. The number of fused-ring (bicyclic) bond motifs is 1. The fourth-order valence-corrected chi connectivity index (χ4v) is 3.24. The molecule has 4 nitrogen and oxygen atoms in total. The number of ether oxygens (including phenoxy) is 1. The molecule has 0 saturated carbocycles. The Kier molecular flexibility index (Phi) is 3.68. The predicted octanol–water partition coefficient (Wildman–Crippen LogP) is 3.21. The summed E-state index contributed by atoms with van der Waals surface area (Å²) in [4.78, 5) is 16.5. The van der Waals surface area contributed by atoms with Gasteiger partial charge < -0.3 is 10.5 Å². The van der Waals surface area contributed by atoms with Gasteiger partial charge in [-0.2, -0.15) is 0 Å². The lowest BCUT2D eigenvalue weighted by atomic mass is 10.1. The van der Waals surface area contributed by atoms with Crippen LogP contribution in [0.3, 0.4) is 0 Å². The molecule has 0 aliphatic carbocycles. The normalized spacial score (nSPS) is 10.8. The number of hydrogen-bond donors (Lipinski definition) is 1. The Morgan fingerprint density at radius 1 is 1.29 bits per heavy atom. The molecule has 0 bridgehead atoms. The molecule has 0 unspecified atom stereocenters. The van der Waals surface area contributed by atoms with E-state index in [1.54, 1.807) is 17.4 Å². The minimum atomic E-state index is -0.354. The van der Waals surface area contributed by atoms with Crippen LogP contribution in [0, 0.1) is 0 Å². The highest BCUT2D eigenvalue weighted by Gasteiger charge is 2.15. The van der Waals surface area contributed by atoms with Crippen LogP contribution in [0.1, 0.15) is 15.9 Å². The van der Waals surface area contributed by atoms with E-state index < -0.39 is 0 Å². The van der Waals surface area contributed by atoms with Gasteiger partial charge in [0.1, 0.15) is 5.01 Å². The van der Waals surface area contributed by atoms with Crippen molar-refractivity contribution >= 4 is 27.5 Å². The molecular weight excluding hydrogens is 284 g/mol. The van der Waals surface area contributed by atoms with Crippen LogP contribution < -0.4 is 5.73 Å². The molecular formula is C16H14N2O2S. The first-order chi connectivity index (χ1) is 10.2. The van der Waals surface area contributed by atoms with Crippen molar-refractivity contribution < 1.29 is 9.53 Å². The molecule has 0 fully saturated rings. The van der Waals surface area contributed by atoms with E-state index in [0.29, 0.717) is 12.1 Å². The monoisotopic (exact) mass is 298 g/mol. The molecule has 5 heteroatoms. The van der Waals surface area contributed by atoms with Crippen LogP contribution in [-0.4, -0.2) is 18.1 Å². The second-order valence-corrected chi connectivity index (χ2v) is 5.59. The van der Waals surface area contributed by atoms with Crippen molar-refractivity contribution in [1.29, 1.82) is 0 Å². The van der Waals surface area contributed by atoms with E-state index in [0.717, 1.165) is 26.4 Å². The molecule has 0 radical (unpaired) electrons. The van der Waals surface area contributed by atoms with Gasteiger partial charge in [-0.15, -0.1) is 11.3 Å². The summed E-state index contributed by atoms with van der Waals surface area (Å²) in [7, 11) is 1.38. The highest BCUT2D eigenvalue weighted by molar-refractivity contribution is 7.21. The van der Waals surface area contributed by atoms with E-state index in [1.807, 2.05) is 36.4 Å². The third-order valence-corrected chi connectivity index (χ3v) is 4.30. The van der Waals surface area contributed by atoms with E-state index in [1.165, 1.54) is 7.11 Å². The van der Waals surface area contributed by atoms with Crippen molar-refractivity contribution in [2.75, 3.05) is 7.11 Å². The van der Waals surface area contributed by atoms with Gasteiger partial charge in [0.2, 0.25) is 0 Å². The molecule has 21 heavy (non-hydrogen) atoms. The lowest BCUT2D eigenvalue weighted by Gasteiger charge is -2.04. The zero-order valence-corrected chi connectivity index (χ0v) is 12.3. The van der Waals surface area contributed by atoms with E-state index >= 15 is 0 Å². The molecule has 3 rings (SSSR count). The summed E-state index contributed by atoms with van der Waals surface area (Å²) >= 11 is 1.55. The summed E-state index contributed by atoms with van der Waals surface area (Å²) in [5.74, 6) is -0.354. The van der Waals surface area contributed by atoms with Crippen molar-refractivity contribution in [3.63, 3.8) is 0 Å². The number of carbonyl (C=O) groups is 1. The number of esters is 1. The van der Waals surface area contributed by atoms with Gasteiger partial charge in [-0.25, -0.2) is 9.78 Å². The molecule has 0 saturated heterocycles. The fraction of sp³-hybridized carbons (Fsp3) is 0.125. The van der Waals surface area contributed by atoms with E-state index in [9.17, 15) is 4.79 Å². The Morgan fingerprint density at radius 3 is 2.86 bits per heavy atom. The number of nitrogens with two attached hydrogens (primary N) is 1. The number of rotatable bonds is 3. The Morgan fingerprint density at radius 2 is 2.10 bits per heavy atom. The number of methoxy groups -OCH3 is 1. The fourth-order valence-electron chi connectivity index (χ4n) is 2.17. The van der Waals surface area contributed by atoms with Crippen LogP contribution in [0.15, 0.2) is 42.5 Å².